The third-order valence-electron chi connectivity index (χ3n) is 7.90. The molecule has 1 amide bonds. The van der Waals surface area contributed by atoms with Crippen molar-refractivity contribution in [1.29, 1.82) is 0 Å². The molecule has 0 bridgehead atoms. The number of rotatable bonds is 7. The molecule has 38 heavy (non-hydrogen) atoms. The molecule has 2 aliphatic heterocycles. The van der Waals surface area contributed by atoms with Gasteiger partial charge < -0.3 is 10.2 Å². The summed E-state index contributed by atoms with van der Waals surface area (Å²) in [6.07, 6.45) is 4.87. The first-order chi connectivity index (χ1) is 18.3. The molecule has 8 heteroatoms. The van der Waals surface area contributed by atoms with Gasteiger partial charge in [0.1, 0.15) is 5.82 Å². The maximum absolute atomic E-state index is 14.1. The van der Waals surface area contributed by atoms with Crippen molar-refractivity contribution in [1.82, 2.24) is 25.0 Å². The molecule has 204 valence electrons. The van der Waals surface area contributed by atoms with Crippen LogP contribution in [0.1, 0.15) is 15.9 Å². The van der Waals surface area contributed by atoms with Gasteiger partial charge in [0.15, 0.2) is 0 Å². The van der Waals surface area contributed by atoms with Crippen molar-refractivity contribution in [3.63, 3.8) is 0 Å². The Bertz CT molecular complexity index is 1260. The Balaban J connectivity index is 1.30. The molecule has 1 N–H and O–H groups in total. The zero-order valence-corrected chi connectivity index (χ0v) is 23.7. The highest BCUT2D eigenvalue weighted by atomic mass is 32.3. The molecule has 2 fully saturated rings. The Kier molecular flexibility index (Phi) is 8.33. The fourth-order valence-corrected chi connectivity index (χ4v) is 6.90. The molecule has 0 spiro atoms. The number of carbonyl (C=O) groups is 1. The van der Waals surface area contributed by atoms with Crippen LogP contribution in [0.4, 0.5) is 4.39 Å². The maximum Gasteiger partial charge on any atom is 0.252 e. The summed E-state index contributed by atoms with van der Waals surface area (Å²) in [6.45, 7) is 8.76. The predicted molar refractivity (Wildman–Crippen MR) is 158 cm³/mol. The molecule has 0 aliphatic carbocycles. The summed E-state index contributed by atoms with van der Waals surface area (Å²) in [5.41, 5.74) is 4.05. The lowest BCUT2D eigenvalue weighted by molar-refractivity contribution is 0.0942. The van der Waals surface area contributed by atoms with E-state index in [2.05, 4.69) is 63.8 Å². The summed E-state index contributed by atoms with van der Waals surface area (Å²) >= 11 is 0. The Morgan fingerprint density at radius 1 is 0.947 bits per heavy atom. The molecular weight excluding hydrogens is 497 g/mol. The van der Waals surface area contributed by atoms with Crippen LogP contribution >= 0.6 is 10.0 Å². The van der Waals surface area contributed by atoms with Crippen LogP contribution in [0.3, 0.4) is 0 Å². The van der Waals surface area contributed by atoms with Crippen LogP contribution in [0.15, 0.2) is 48.5 Å². The van der Waals surface area contributed by atoms with E-state index < -0.39 is 10.0 Å². The first-order valence-corrected chi connectivity index (χ1v) is 16.3. The highest BCUT2D eigenvalue weighted by Crippen LogP contribution is 2.41. The van der Waals surface area contributed by atoms with Crippen molar-refractivity contribution in [2.45, 2.75) is 6.54 Å². The van der Waals surface area contributed by atoms with Crippen LogP contribution in [0.25, 0.3) is 22.2 Å². The van der Waals surface area contributed by atoms with Crippen LogP contribution in [0.2, 0.25) is 0 Å². The number of amides is 1. The number of piperazine rings is 1. The minimum atomic E-state index is -0.407. The van der Waals surface area contributed by atoms with Crippen molar-refractivity contribution < 1.29 is 9.18 Å². The number of likely N-dealkylation sites (N-methyl/N-ethyl adjacent to an activating group) is 1. The second-order valence-electron chi connectivity index (χ2n) is 11.3. The molecule has 3 aromatic rings. The first kappa shape index (κ1) is 27.1. The number of benzene rings is 2. The number of aromatic nitrogens is 1. The van der Waals surface area contributed by atoms with Gasteiger partial charge in [0.2, 0.25) is 0 Å². The summed E-state index contributed by atoms with van der Waals surface area (Å²) in [7, 11) is 1.73. The van der Waals surface area contributed by atoms with E-state index in [0.29, 0.717) is 23.0 Å². The minimum Gasteiger partial charge on any atom is -0.351 e. The van der Waals surface area contributed by atoms with E-state index in [9.17, 15) is 9.18 Å². The SMILES string of the molecule is CN1CCN(CCNC(=O)c2cc(-c3ccc(CN4CCS(C)(C)CC4)cc3)nc3ccc(F)cc23)CC1. The molecule has 6 nitrogen and oxygen atoms in total. The Morgan fingerprint density at radius 2 is 1.66 bits per heavy atom. The van der Waals surface area contributed by atoms with Gasteiger partial charge in [-0.2, -0.15) is 0 Å². The Labute approximate surface area is 227 Å². The highest BCUT2D eigenvalue weighted by Gasteiger charge is 2.21. The van der Waals surface area contributed by atoms with Crippen molar-refractivity contribution in [2.75, 3.05) is 83.4 Å². The number of nitrogens with zero attached hydrogens (tertiary/aromatic N) is 4. The van der Waals surface area contributed by atoms with Gasteiger partial charge in [0, 0.05) is 69.9 Å². The van der Waals surface area contributed by atoms with E-state index in [-0.39, 0.29) is 11.7 Å². The number of pyridine rings is 1. The number of hydrogen-bond donors (Lipinski definition) is 1. The molecule has 2 aromatic carbocycles. The zero-order valence-electron chi connectivity index (χ0n) is 22.9. The quantitative estimate of drug-likeness (QED) is 0.496. The normalized spacial score (nSPS) is 19.9. The summed E-state index contributed by atoms with van der Waals surface area (Å²) < 4.78 is 14.1. The van der Waals surface area contributed by atoms with Gasteiger partial charge >= 0.3 is 0 Å². The molecule has 1 aromatic heterocycles. The average molecular weight is 538 g/mol. The lowest BCUT2D eigenvalue weighted by Gasteiger charge is -2.41. The van der Waals surface area contributed by atoms with Crippen molar-refractivity contribution >= 4 is 26.8 Å². The van der Waals surface area contributed by atoms with Crippen molar-refractivity contribution in [3.8, 4) is 11.3 Å². The van der Waals surface area contributed by atoms with Gasteiger partial charge in [-0.3, -0.25) is 14.6 Å². The molecular formula is C30H40FN5OS. The molecule has 0 unspecified atom stereocenters. The number of fused-ring (bicyclic) bond motifs is 1. The van der Waals surface area contributed by atoms with Crippen LogP contribution in [-0.4, -0.2) is 109 Å². The second kappa shape index (κ2) is 11.7. The van der Waals surface area contributed by atoms with Crippen molar-refractivity contribution in [2.24, 2.45) is 0 Å². The van der Waals surface area contributed by atoms with Crippen LogP contribution in [-0.2, 0) is 6.54 Å². The van der Waals surface area contributed by atoms with Gasteiger partial charge in [-0.05, 0) is 60.9 Å². The summed E-state index contributed by atoms with van der Waals surface area (Å²) in [6, 6.07) is 14.8. The largest absolute Gasteiger partial charge is 0.351 e. The Hall–Kier alpha value is -2.52. The summed E-state index contributed by atoms with van der Waals surface area (Å²) in [5, 5.41) is 3.60. The van der Waals surface area contributed by atoms with Gasteiger partial charge in [0.05, 0.1) is 16.8 Å². The van der Waals surface area contributed by atoms with E-state index in [4.69, 9.17) is 4.98 Å². The van der Waals surface area contributed by atoms with E-state index in [1.54, 1.807) is 12.1 Å². The smallest absolute Gasteiger partial charge is 0.252 e. The van der Waals surface area contributed by atoms with E-state index >= 15 is 0 Å². The standard InChI is InChI=1S/C30H40FN5OS/c1-34-12-14-35(15-13-34)11-10-32-30(37)27-21-29(33-28-9-8-25(31)20-26(27)28)24-6-4-23(5-7-24)22-36-16-18-38(2,3)19-17-36/h4-9,20-21H,10-19,22H2,1-3H3,(H,32,37). The van der Waals surface area contributed by atoms with Gasteiger partial charge in [-0.25, -0.2) is 19.4 Å². The monoisotopic (exact) mass is 537 g/mol. The van der Waals surface area contributed by atoms with E-state index in [1.165, 1.54) is 42.3 Å². The molecule has 0 atom stereocenters. The highest BCUT2D eigenvalue weighted by molar-refractivity contribution is 8.32. The summed E-state index contributed by atoms with van der Waals surface area (Å²) in [4.78, 5) is 25.3. The van der Waals surface area contributed by atoms with Gasteiger partial charge in [0.25, 0.3) is 5.91 Å². The summed E-state index contributed by atoms with van der Waals surface area (Å²) in [5.74, 6) is 2.07. The molecule has 2 aliphatic rings. The zero-order chi connectivity index (χ0) is 26.7. The van der Waals surface area contributed by atoms with Gasteiger partial charge in [-0.1, -0.05) is 24.3 Å². The third-order valence-corrected chi connectivity index (χ3v) is 10.5. The number of carbonyl (C=O) groups excluding carboxylic acids is 1. The fourth-order valence-electron chi connectivity index (χ4n) is 5.19. The topological polar surface area (TPSA) is 51.7 Å². The Morgan fingerprint density at radius 3 is 2.37 bits per heavy atom. The number of nitrogens with one attached hydrogen (secondary N) is 1. The van der Waals surface area contributed by atoms with E-state index in [0.717, 1.165) is 50.5 Å². The third kappa shape index (κ3) is 6.72. The first-order valence-electron chi connectivity index (χ1n) is 13.6. The molecule has 0 radical (unpaired) electrons. The molecule has 2 saturated heterocycles. The van der Waals surface area contributed by atoms with Crippen LogP contribution in [0.5, 0.6) is 0 Å². The van der Waals surface area contributed by atoms with Crippen LogP contribution < -0.4 is 5.32 Å². The van der Waals surface area contributed by atoms with E-state index in [1.807, 2.05) is 0 Å². The molecule has 3 heterocycles. The molecule has 5 rings (SSSR count). The number of halogens is 1. The molecule has 0 saturated carbocycles. The lowest BCUT2D eigenvalue weighted by atomic mass is 10.0. The van der Waals surface area contributed by atoms with Crippen LogP contribution in [0, 0.1) is 5.82 Å². The van der Waals surface area contributed by atoms with Gasteiger partial charge in [-0.15, -0.1) is 0 Å². The average Bonchev–Trinajstić information content (AvgIpc) is 2.91. The predicted octanol–water partition coefficient (Wildman–Crippen LogP) is 3.90. The minimum absolute atomic E-state index is 0.190. The lowest BCUT2D eigenvalue weighted by Crippen LogP contribution is -2.46. The van der Waals surface area contributed by atoms with Crippen molar-refractivity contribution in [3.05, 3.63) is 65.5 Å². The maximum atomic E-state index is 14.1. The fraction of sp³-hybridized carbons (Fsp3) is 0.467. The number of hydrogen-bond acceptors (Lipinski definition) is 5. The second-order valence-corrected chi connectivity index (χ2v) is 15.6.